The molecule has 0 atom stereocenters. The van der Waals surface area contributed by atoms with Gasteiger partial charge < -0.3 is 14.8 Å². The average Bonchev–Trinajstić information content (AvgIpc) is 3.11. The maximum atomic E-state index is 13.2. The zero-order valence-corrected chi connectivity index (χ0v) is 13.5. The number of benzene rings is 1. The van der Waals surface area contributed by atoms with Crippen LogP contribution in [0.5, 0.6) is 0 Å². The molecule has 0 saturated carbocycles. The molecule has 1 N–H and O–H groups in total. The molecule has 0 aliphatic carbocycles. The Balaban J connectivity index is 1.51. The van der Waals surface area contributed by atoms with E-state index in [1.807, 2.05) is 11.9 Å². The molecule has 9 heteroatoms. The van der Waals surface area contributed by atoms with Crippen LogP contribution in [0.25, 0.3) is 10.2 Å². The van der Waals surface area contributed by atoms with Gasteiger partial charge in [-0.3, -0.25) is 9.79 Å². The van der Waals surface area contributed by atoms with E-state index in [1.54, 1.807) is 23.2 Å². The van der Waals surface area contributed by atoms with Crippen LogP contribution in [-0.4, -0.2) is 40.4 Å². The van der Waals surface area contributed by atoms with E-state index in [9.17, 15) is 9.18 Å². The van der Waals surface area contributed by atoms with Crippen LogP contribution in [0.3, 0.4) is 0 Å². The number of rotatable bonds is 3. The Kier molecular flexibility index (Phi) is 3.49. The molecule has 0 unspecified atom stereocenters. The second kappa shape index (κ2) is 5.68. The summed E-state index contributed by atoms with van der Waals surface area (Å²) < 4.78 is 15.6. The summed E-state index contributed by atoms with van der Waals surface area (Å²) in [5, 5.41) is 3.19. The van der Waals surface area contributed by atoms with E-state index in [4.69, 9.17) is 0 Å². The summed E-state index contributed by atoms with van der Waals surface area (Å²) >= 11 is 1.24. The van der Waals surface area contributed by atoms with Gasteiger partial charge in [0.1, 0.15) is 24.7 Å². The zero-order chi connectivity index (χ0) is 16.7. The number of thiazole rings is 1. The second-order valence-corrected chi connectivity index (χ2v) is 6.44. The quantitative estimate of drug-likeness (QED) is 0.789. The Morgan fingerprint density at radius 1 is 1.46 bits per heavy atom. The lowest BCUT2D eigenvalue weighted by Crippen LogP contribution is -2.24. The molecule has 1 aromatic carbocycles. The first kappa shape index (κ1) is 14.8. The number of carbonyl (C=O) groups excluding carboxylic acids is 1. The fraction of sp³-hybridized carbons (Fsp3) is 0.200. The van der Waals surface area contributed by atoms with E-state index >= 15 is 0 Å². The van der Waals surface area contributed by atoms with Crippen LogP contribution >= 0.6 is 11.3 Å². The number of aliphatic imine (C=N–C) groups is 1. The second-order valence-electron chi connectivity index (χ2n) is 5.41. The van der Waals surface area contributed by atoms with Crippen molar-refractivity contribution in [3.05, 3.63) is 36.0 Å². The topological polar surface area (TPSA) is 75.4 Å². The summed E-state index contributed by atoms with van der Waals surface area (Å²) in [6.07, 6.45) is 3.34. The number of nitrogens with one attached hydrogen (secondary N) is 1. The molecular weight excluding hydrogens is 331 g/mol. The summed E-state index contributed by atoms with van der Waals surface area (Å²) in [6.45, 7) is 0.658. The maximum absolute atomic E-state index is 13.2. The Hall–Kier alpha value is -2.81. The van der Waals surface area contributed by atoms with Gasteiger partial charge in [0.25, 0.3) is 0 Å². The van der Waals surface area contributed by atoms with Crippen molar-refractivity contribution in [3.63, 3.8) is 0 Å². The van der Waals surface area contributed by atoms with Crippen LogP contribution < -0.4 is 10.2 Å². The van der Waals surface area contributed by atoms with Gasteiger partial charge in [0.05, 0.1) is 22.8 Å². The number of amides is 1. The van der Waals surface area contributed by atoms with Crippen molar-refractivity contribution < 1.29 is 9.18 Å². The van der Waals surface area contributed by atoms with E-state index in [1.165, 1.54) is 23.5 Å². The first-order valence-corrected chi connectivity index (χ1v) is 8.04. The van der Waals surface area contributed by atoms with Crippen molar-refractivity contribution in [2.75, 3.05) is 23.9 Å². The van der Waals surface area contributed by atoms with Crippen LogP contribution in [0.2, 0.25) is 0 Å². The Morgan fingerprint density at radius 3 is 3.21 bits per heavy atom. The van der Waals surface area contributed by atoms with Crippen LogP contribution in [0.15, 0.2) is 29.5 Å². The zero-order valence-electron chi connectivity index (χ0n) is 12.7. The van der Waals surface area contributed by atoms with E-state index in [0.29, 0.717) is 22.0 Å². The van der Waals surface area contributed by atoms with Gasteiger partial charge in [-0.25, -0.2) is 14.4 Å². The number of hydrogen-bond acceptors (Lipinski definition) is 6. The van der Waals surface area contributed by atoms with Crippen LogP contribution in [0, 0.1) is 5.82 Å². The number of imidazole rings is 1. The van der Waals surface area contributed by atoms with Gasteiger partial charge in [0.15, 0.2) is 10.9 Å². The number of anilines is 2. The van der Waals surface area contributed by atoms with Gasteiger partial charge in [-0.15, -0.1) is 0 Å². The van der Waals surface area contributed by atoms with Crippen molar-refractivity contribution in [1.82, 2.24) is 14.5 Å². The molecule has 122 valence electrons. The van der Waals surface area contributed by atoms with Crippen molar-refractivity contribution in [3.8, 4) is 0 Å². The first-order chi connectivity index (χ1) is 11.6. The molecule has 24 heavy (non-hydrogen) atoms. The highest BCUT2D eigenvalue weighted by Gasteiger charge is 2.18. The summed E-state index contributed by atoms with van der Waals surface area (Å²) in [5.41, 5.74) is 1.45. The number of aromatic nitrogens is 3. The summed E-state index contributed by atoms with van der Waals surface area (Å²) in [7, 11) is 1.90. The normalized spacial score (nSPS) is 13.3. The average molecular weight is 344 g/mol. The lowest BCUT2D eigenvalue weighted by atomic mass is 10.3. The minimum atomic E-state index is -0.322. The highest BCUT2D eigenvalue weighted by Crippen LogP contribution is 2.26. The molecule has 0 saturated heterocycles. The molecule has 0 fully saturated rings. The smallest absolute Gasteiger partial charge is 0.246 e. The van der Waals surface area contributed by atoms with E-state index in [2.05, 4.69) is 20.3 Å². The Labute approximate surface area is 140 Å². The van der Waals surface area contributed by atoms with Crippen LogP contribution in [0.1, 0.15) is 5.69 Å². The van der Waals surface area contributed by atoms with Crippen molar-refractivity contribution in [2.24, 2.45) is 4.99 Å². The van der Waals surface area contributed by atoms with Crippen molar-refractivity contribution in [1.29, 1.82) is 0 Å². The number of carbonyl (C=O) groups is 1. The third-order valence-corrected chi connectivity index (χ3v) is 4.57. The summed E-state index contributed by atoms with van der Waals surface area (Å²) in [4.78, 5) is 27.0. The lowest BCUT2D eigenvalue weighted by molar-refractivity contribution is -0.116. The van der Waals surface area contributed by atoms with Crippen LogP contribution in [0.4, 0.5) is 15.3 Å². The van der Waals surface area contributed by atoms with Gasteiger partial charge in [0.2, 0.25) is 5.91 Å². The standard InChI is InChI=1S/C15H13FN6OS/c1-21-7-17-5-11-14(21)18-8-22(11)6-13(23)20-15-19-10-3-2-9(16)4-12(10)24-15/h2-5,8H,6-7H2,1H3,(H,19,20,23). The molecule has 7 nitrogen and oxygen atoms in total. The van der Waals surface area contributed by atoms with Crippen molar-refractivity contribution in [2.45, 2.75) is 6.54 Å². The molecule has 0 bridgehead atoms. The largest absolute Gasteiger partial charge is 0.338 e. The van der Waals surface area contributed by atoms with Crippen molar-refractivity contribution >= 4 is 44.6 Å². The summed E-state index contributed by atoms with van der Waals surface area (Å²) in [6, 6.07) is 4.35. The number of fused-ring (bicyclic) bond motifs is 2. The molecule has 0 radical (unpaired) electrons. The van der Waals surface area contributed by atoms with Gasteiger partial charge in [0, 0.05) is 7.05 Å². The number of halogens is 1. The monoisotopic (exact) mass is 344 g/mol. The SMILES string of the molecule is CN1CN=Cc2c1ncn2CC(=O)Nc1nc2ccc(F)cc2s1. The van der Waals surface area contributed by atoms with E-state index in [-0.39, 0.29) is 18.3 Å². The highest BCUT2D eigenvalue weighted by atomic mass is 32.1. The molecule has 3 heterocycles. The third-order valence-electron chi connectivity index (χ3n) is 3.64. The molecule has 1 amide bonds. The molecule has 3 aromatic rings. The fourth-order valence-corrected chi connectivity index (χ4v) is 3.42. The van der Waals surface area contributed by atoms with E-state index < -0.39 is 0 Å². The maximum Gasteiger partial charge on any atom is 0.246 e. The van der Waals surface area contributed by atoms with E-state index in [0.717, 1.165) is 11.5 Å². The van der Waals surface area contributed by atoms with Gasteiger partial charge in [-0.05, 0) is 18.2 Å². The van der Waals surface area contributed by atoms with Gasteiger partial charge in [-0.2, -0.15) is 0 Å². The predicted octanol–water partition coefficient (Wildman–Crippen LogP) is 2.10. The molecule has 1 aliphatic heterocycles. The summed E-state index contributed by atoms with van der Waals surface area (Å²) in [5.74, 6) is 0.252. The minimum absolute atomic E-state index is 0.104. The molecule has 1 aliphatic rings. The first-order valence-electron chi connectivity index (χ1n) is 7.22. The minimum Gasteiger partial charge on any atom is -0.338 e. The number of hydrogen-bond donors (Lipinski definition) is 1. The lowest BCUT2D eigenvalue weighted by Gasteiger charge is -2.18. The molecule has 4 rings (SSSR count). The third kappa shape index (κ3) is 2.62. The molecule has 0 spiro atoms. The Morgan fingerprint density at radius 2 is 2.33 bits per heavy atom. The van der Waals surface area contributed by atoms with Gasteiger partial charge in [-0.1, -0.05) is 11.3 Å². The van der Waals surface area contributed by atoms with Gasteiger partial charge >= 0.3 is 0 Å². The Bertz CT molecular complexity index is 962. The highest BCUT2D eigenvalue weighted by molar-refractivity contribution is 7.22. The fourth-order valence-electron chi connectivity index (χ4n) is 2.52. The van der Waals surface area contributed by atoms with Crippen LogP contribution in [-0.2, 0) is 11.3 Å². The molecular formula is C15H13FN6OS. The number of nitrogens with zero attached hydrogens (tertiary/aromatic N) is 5. The predicted molar refractivity (Wildman–Crippen MR) is 91.3 cm³/mol. The molecule has 2 aromatic heterocycles.